The van der Waals surface area contributed by atoms with Gasteiger partial charge in [0.05, 0.1) is 13.2 Å². The van der Waals surface area contributed by atoms with Crippen LogP contribution in [0.4, 0.5) is 5.69 Å². The zero-order chi connectivity index (χ0) is 10.4. The Bertz CT molecular complexity index is 310. The van der Waals surface area contributed by atoms with Gasteiger partial charge in [-0.2, -0.15) is 0 Å². The Morgan fingerprint density at radius 1 is 1.57 bits per heavy atom. The van der Waals surface area contributed by atoms with Gasteiger partial charge in [0.2, 0.25) is 0 Å². The number of nitrogens with one attached hydrogen (secondary N) is 1. The molecule has 1 aromatic rings. The molecule has 0 bridgehead atoms. The molecule has 14 heavy (non-hydrogen) atoms. The molecule has 0 aliphatic carbocycles. The highest BCUT2D eigenvalue weighted by Crippen LogP contribution is 2.12. The number of hydrogen-bond acceptors (Lipinski definition) is 3. The van der Waals surface area contributed by atoms with Crippen molar-refractivity contribution in [3.63, 3.8) is 0 Å². The van der Waals surface area contributed by atoms with Crippen LogP contribution in [0.1, 0.15) is 12.5 Å². The van der Waals surface area contributed by atoms with Crippen LogP contribution in [0.15, 0.2) is 36.7 Å². The summed E-state index contributed by atoms with van der Waals surface area (Å²) in [6, 6.07) is 7.47. The fraction of sp³-hybridized carbons (Fsp3) is 0.273. The van der Waals surface area contributed by atoms with Gasteiger partial charge in [0.1, 0.15) is 0 Å². The van der Waals surface area contributed by atoms with E-state index in [0.29, 0.717) is 12.5 Å². The lowest BCUT2D eigenvalue weighted by molar-refractivity contribution is 0.236. The van der Waals surface area contributed by atoms with Gasteiger partial charge in [-0.3, -0.25) is 0 Å². The van der Waals surface area contributed by atoms with E-state index in [-0.39, 0.29) is 6.61 Å². The first kappa shape index (κ1) is 10.6. The molecule has 0 unspecified atom stereocenters. The van der Waals surface area contributed by atoms with Gasteiger partial charge in [0.15, 0.2) is 5.88 Å². The molecule has 0 fully saturated rings. The van der Waals surface area contributed by atoms with Gasteiger partial charge in [0.25, 0.3) is 0 Å². The average Bonchev–Trinajstić information content (AvgIpc) is 2.18. The third kappa shape index (κ3) is 3.11. The maximum Gasteiger partial charge on any atom is 0.183 e. The molecule has 0 saturated heterocycles. The molecule has 3 nitrogen and oxygen atoms in total. The number of benzene rings is 1. The van der Waals surface area contributed by atoms with Crippen molar-refractivity contribution in [3.05, 3.63) is 42.3 Å². The second-order valence-corrected chi connectivity index (χ2v) is 2.84. The van der Waals surface area contributed by atoms with Crippen LogP contribution in [0.3, 0.4) is 0 Å². The number of aliphatic hydroxyl groups excluding tert-OH is 1. The van der Waals surface area contributed by atoms with E-state index in [4.69, 9.17) is 9.84 Å². The highest BCUT2D eigenvalue weighted by Gasteiger charge is 1.96. The summed E-state index contributed by atoms with van der Waals surface area (Å²) >= 11 is 0. The molecule has 1 aromatic carbocycles. The van der Waals surface area contributed by atoms with Crippen molar-refractivity contribution in [1.82, 2.24) is 0 Å². The summed E-state index contributed by atoms with van der Waals surface area (Å²) in [6.45, 7) is 6.23. The Morgan fingerprint density at radius 3 is 3.00 bits per heavy atom. The molecular formula is C11H15NO2. The lowest BCUT2D eigenvalue weighted by Gasteiger charge is -2.10. The molecule has 0 radical (unpaired) electrons. The predicted molar refractivity (Wildman–Crippen MR) is 56.8 cm³/mol. The van der Waals surface area contributed by atoms with Crippen LogP contribution < -0.4 is 5.32 Å². The van der Waals surface area contributed by atoms with E-state index < -0.39 is 0 Å². The van der Waals surface area contributed by atoms with Crippen molar-refractivity contribution in [2.24, 2.45) is 0 Å². The minimum absolute atomic E-state index is 0.0383. The molecule has 0 aliphatic rings. The van der Waals surface area contributed by atoms with Gasteiger partial charge >= 0.3 is 0 Å². The quantitative estimate of drug-likeness (QED) is 0.704. The van der Waals surface area contributed by atoms with Crippen molar-refractivity contribution in [2.75, 3.05) is 11.9 Å². The van der Waals surface area contributed by atoms with Gasteiger partial charge in [-0.1, -0.05) is 12.1 Å². The maximum atomic E-state index is 8.92. The van der Waals surface area contributed by atoms with Crippen LogP contribution in [0.5, 0.6) is 0 Å². The fourth-order valence-electron chi connectivity index (χ4n) is 1.12. The number of hydrogen-bond donors (Lipinski definition) is 2. The summed E-state index contributed by atoms with van der Waals surface area (Å²) in [5.41, 5.74) is 1.73. The number of anilines is 1. The van der Waals surface area contributed by atoms with Crippen molar-refractivity contribution in [1.29, 1.82) is 0 Å². The number of aliphatic hydroxyl groups is 1. The Kier molecular flexibility index (Phi) is 4.01. The van der Waals surface area contributed by atoms with E-state index >= 15 is 0 Å². The SMILES string of the molecule is C=C(Nc1cccc(CO)c1)OCC. The summed E-state index contributed by atoms with van der Waals surface area (Å²) in [6.07, 6.45) is 0. The first-order chi connectivity index (χ1) is 6.76. The van der Waals surface area contributed by atoms with Crippen molar-refractivity contribution in [3.8, 4) is 0 Å². The normalized spacial score (nSPS) is 9.57. The Labute approximate surface area is 84.0 Å². The third-order valence-electron chi connectivity index (χ3n) is 1.71. The molecule has 3 heteroatoms. The van der Waals surface area contributed by atoms with Crippen LogP contribution in [0.25, 0.3) is 0 Å². The van der Waals surface area contributed by atoms with Gasteiger partial charge in [-0.05, 0) is 31.2 Å². The Balaban J connectivity index is 2.62. The average molecular weight is 193 g/mol. The number of rotatable bonds is 5. The zero-order valence-electron chi connectivity index (χ0n) is 8.29. The molecule has 0 spiro atoms. The van der Waals surface area contributed by atoms with Crippen molar-refractivity contribution >= 4 is 5.69 Å². The van der Waals surface area contributed by atoms with Crippen molar-refractivity contribution < 1.29 is 9.84 Å². The summed E-state index contributed by atoms with van der Waals surface area (Å²) in [4.78, 5) is 0. The second kappa shape index (κ2) is 5.29. The summed E-state index contributed by atoms with van der Waals surface area (Å²) < 4.78 is 5.15. The van der Waals surface area contributed by atoms with E-state index in [9.17, 15) is 0 Å². The van der Waals surface area contributed by atoms with Gasteiger partial charge in [-0.25, -0.2) is 0 Å². The Hall–Kier alpha value is -1.48. The smallest absolute Gasteiger partial charge is 0.183 e. The standard InChI is InChI=1S/C11H15NO2/c1-3-14-9(2)12-11-6-4-5-10(7-11)8-13/h4-7,12-13H,2-3,8H2,1H3. The van der Waals surface area contributed by atoms with Crippen LogP contribution in [0.2, 0.25) is 0 Å². The minimum atomic E-state index is 0.0383. The minimum Gasteiger partial charge on any atom is -0.480 e. The van der Waals surface area contributed by atoms with E-state index in [1.165, 1.54) is 0 Å². The molecule has 0 aromatic heterocycles. The van der Waals surface area contributed by atoms with E-state index in [1.807, 2.05) is 31.2 Å². The molecule has 0 heterocycles. The van der Waals surface area contributed by atoms with E-state index in [0.717, 1.165) is 11.3 Å². The predicted octanol–water partition coefficient (Wildman–Crippen LogP) is 2.10. The third-order valence-corrected chi connectivity index (χ3v) is 1.71. The first-order valence-electron chi connectivity index (χ1n) is 4.54. The molecule has 0 saturated carbocycles. The highest BCUT2D eigenvalue weighted by molar-refractivity contribution is 5.48. The second-order valence-electron chi connectivity index (χ2n) is 2.84. The Morgan fingerprint density at radius 2 is 2.36 bits per heavy atom. The largest absolute Gasteiger partial charge is 0.480 e. The monoisotopic (exact) mass is 193 g/mol. The molecular weight excluding hydrogens is 178 g/mol. The lowest BCUT2D eigenvalue weighted by atomic mass is 10.2. The first-order valence-corrected chi connectivity index (χ1v) is 4.54. The maximum absolute atomic E-state index is 8.92. The van der Waals surface area contributed by atoms with Crippen LogP contribution in [0, 0.1) is 0 Å². The van der Waals surface area contributed by atoms with Crippen LogP contribution >= 0.6 is 0 Å². The fourth-order valence-corrected chi connectivity index (χ4v) is 1.12. The summed E-state index contributed by atoms with van der Waals surface area (Å²) in [7, 11) is 0. The molecule has 2 N–H and O–H groups in total. The molecule has 0 amide bonds. The van der Waals surface area contributed by atoms with Crippen molar-refractivity contribution in [2.45, 2.75) is 13.5 Å². The molecule has 0 atom stereocenters. The van der Waals surface area contributed by atoms with Crippen LogP contribution in [-0.2, 0) is 11.3 Å². The van der Waals surface area contributed by atoms with Gasteiger partial charge < -0.3 is 15.2 Å². The topological polar surface area (TPSA) is 41.5 Å². The summed E-state index contributed by atoms with van der Waals surface area (Å²) in [5.74, 6) is 0.516. The zero-order valence-corrected chi connectivity index (χ0v) is 8.29. The molecule has 1 rings (SSSR count). The lowest BCUT2D eigenvalue weighted by Crippen LogP contribution is -2.02. The molecule has 76 valence electrons. The molecule has 0 aliphatic heterocycles. The van der Waals surface area contributed by atoms with Crippen LogP contribution in [-0.4, -0.2) is 11.7 Å². The number of ether oxygens (including phenoxy) is 1. The van der Waals surface area contributed by atoms with Gasteiger partial charge in [-0.15, -0.1) is 0 Å². The van der Waals surface area contributed by atoms with E-state index in [1.54, 1.807) is 0 Å². The summed E-state index contributed by atoms with van der Waals surface area (Å²) in [5, 5.41) is 11.9. The van der Waals surface area contributed by atoms with Gasteiger partial charge in [0, 0.05) is 5.69 Å². The highest BCUT2D eigenvalue weighted by atomic mass is 16.5. The van der Waals surface area contributed by atoms with E-state index in [2.05, 4.69) is 11.9 Å².